The molecule has 3 rings (SSSR count). The predicted octanol–water partition coefficient (Wildman–Crippen LogP) is 4.51. The van der Waals surface area contributed by atoms with Crippen molar-refractivity contribution in [3.63, 3.8) is 0 Å². The molecule has 0 radical (unpaired) electrons. The molecule has 166 valence electrons. The van der Waals surface area contributed by atoms with Gasteiger partial charge in [-0.05, 0) is 75.2 Å². The molecule has 2 aliphatic carbocycles. The van der Waals surface area contributed by atoms with Gasteiger partial charge in [-0.1, -0.05) is 32.1 Å². The smallest absolute Gasteiger partial charge is 0.333 e. The zero-order valence-corrected chi connectivity index (χ0v) is 18.8. The first kappa shape index (κ1) is 22.8. The van der Waals surface area contributed by atoms with Crippen LogP contribution in [0.4, 0.5) is 0 Å². The third kappa shape index (κ3) is 4.01. The Morgan fingerprint density at radius 1 is 1.40 bits per heavy atom. The molecule has 5 heteroatoms. The van der Waals surface area contributed by atoms with Crippen molar-refractivity contribution >= 4 is 11.9 Å². The highest BCUT2D eigenvalue weighted by molar-refractivity contribution is 5.87. The van der Waals surface area contributed by atoms with Gasteiger partial charge in [0.15, 0.2) is 0 Å². The first-order valence-corrected chi connectivity index (χ1v) is 11.1. The van der Waals surface area contributed by atoms with Gasteiger partial charge in [0.25, 0.3) is 0 Å². The van der Waals surface area contributed by atoms with E-state index >= 15 is 0 Å². The second-order valence-corrected chi connectivity index (χ2v) is 9.83. The minimum Gasteiger partial charge on any atom is -0.458 e. The van der Waals surface area contributed by atoms with Crippen molar-refractivity contribution in [3.8, 4) is 0 Å². The lowest BCUT2D eigenvalue weighted by atomic mass is 9.46. The van der Waals surface area contributed by atoms with Gasteiger partial charge < -0.3 is 14.6 Å². The third-order valence-corrected chi connectivity index (χ3v) is 8.14. The molecule has 0 amide bonds. The first-order chi connectivity index (χ1) is 14.2. The summed E-state index contributed by atoms with van der Waals surface area (Å²) in [6.45, 7) is 12.8. The van der Waals surface area contributed by atoms with Crippen LogP contribution in [0.5, 0.6) is 0 Å². The van der Waals surface area contributed by atoms with Gasteiger partial charge in [0, 0.05) is 17.1 Å². The Morgan fingerprint density at radius 3 is 2.73 bits per heavy atom. The molecule has 30 heavy (non-hydrogen) atoms. The molecule has 0 aromatic carbocycles. The highest BCUT2D eigenvalue weighted by atomic mass is 16.5. The lowest BCUT2D eigenvalue weighted by Gasteiger charge is -2.60. The van der Waals surface area contributed by atoms with E-state index in [0.717, 1.165) is 44.1 Å². The fraction of sp³-hybridized carbons (Fsp3) is 0.680. The molecule has 5 nitrogen and oxygen atoms in total. The van der Waals surface area contributed by atoms with Crippen molar-refractivity contribution in [1.29, 1.82) is 0 Å². The molecule has 1 aliphatic heterocycles. The van der Waals surface area contributed by atoms with Gasteiger partial charge in [0.2, 0.25) is 0 Å². The van der Waals surface area contributed by atoms with E-state index in [2.05, 4.69) is 20.4 Å². The third-order valence-electron chi connectivity index (χ3n) is 8.14. The molecule has 0 aromatic heterocycles. The Bertz CT molecular complexity index is 778. The standard InChI is InChI=1S/C25H36O5/c1-6-16(2)23(28)30-21-11-12-24(4)19(9-8-18-13-22(27)29-14-18)17(3)7-10-20(24)25(21,5)15-26/h6,13,19-21,26H,3,7-12,14-15H2,1-2,4-5H3. The fourth-order valence-electron chi connectivity index (χ4n) is 6.14. The minimum atomic E-state index is -0.485. The summed E-state index contributed by atoms with van der Waals surface area (Å²) in [5, 5.41) is 10.5. The topological polar surface area (TPSA) is 72.8 Å². The molecule has 5 unspecified atom stereocenters. The lowest BCUT2D eigenvalue weighted by Crippen LogP contribution is -2.58. The van der Waals surface area contributed by atoms with Crippen molar-refractivity contribution in [3.05, 3.63) is 35.5 Å². The molecule has 0 spiro atoms. The molecular formula is C25H36O5. The van der Waals surface area contributed by atoms with Crippen LogP contribution < -0.4 is 0 Å². The monoisotopic (exact) mass is 416 g/mol. The normalized spacial score (nSPS) is 36.8. The van der Waals surface area contributed by atoms with Crippen LogP contribution in [0.2, 0.25) is 0 Å². The Labute approximate surface area is 180 Å². The zero-order chi connectivity index (χ0) is 22.1. The Kier molecular flexibility index (Phi) is 6.61. The SMILES string of the molecule is C=C1CCC2C(C)(CO)C(OC(=O)C(C)=CC)CCC2(C)C1CCC1=CC(=O)OC1. The molecule has 2 fully saturated rings. The van der Waals surface area contributed by atoms with E-state index in [4.69, 9.17) is 9.47 Å². The molecule has 3 aliphatic rings. The summed E-state index contributed by atoms with van der Waals surface area (Å²) in [4.78, 5) is 23.8. The largest absolute Gasteiger partial charge is 0.458 e. The Morgan fingerprint density at radius 2 is 2.13 bits per heavy atom. The quantitative estimate of drug-likeness (QED) is 0.392. The Hall–Kier alpha value is -1.88. The zero-order valence-electron chi connectivity index (χ0n) is 18.8. The summed E-state index contributed by atoms with van der Waals surface area (Å²) in [6.07, 6.45) is 8.37. The van der Waals surface area contributed by atoms with Crippen molar-refractivity contribution in [2.75, 3.05) is 13.2 Å². The minimum absolute atomic E-state index is 0.00716. The van der Waals surface area contributed by atoms with Crippen LogP contribution in [0.1, 0.15) is 66.2 Å². The van der Waals surface area contributed by atoms with E-state index in [1.54, 1.807) is 19.1 Å². The van der Waals surface area contributed by atoms with Crippen LogP contribution >= 0.6 is 0 Å². The van der Waals surface area contributed by atoms with Gasteiger partial charge in [0.05, 0.1) is 6.61 Å². The first-order valence-electron chi connectivity index (χ1n) is 11.1. The van der Waals surface area contributed by atoms with Crippen LogP contribution in [-0.2, 0) is 19.1 Å². The maximum Gasteiger partial charge on any atom is 0.333 e. The number of ether oxygens (including phenoxy) is 2. The van der Waals surface area contributed by atoms with Crippen molar-refractivity contribution < 1.29 is 24.2 Å². The highest BCUT2D eigenvalue weighted by Crippen LogP contribution is 2.62. The number of esters is 2. The van der Waals surface area contributed by atoms with Crippen LogP contribution in [0.25, 0.3) is 0 Å². The molecule has 5 atom stereocenters. The molecule has 2 saturated carbocycles. The number of hydrogen-bond donors (Lipinski definition) is 1. The van der Waals surface area contributed by atoms with Crippen molar-refractivity contribution in [2.24, 2.45) is 22.7 Å². The number of carbonyl (C=O) groups excluding carboxylic acids is 2. The maximum atomic E-state index is 12.4. The van der Waals surface area contributed by atoms with Crippen LogP contribution in [0.15, 0.2) is 35.5 Å². The lowest BCUT2D eigenvalue weighted by molar-refractivity contribution is -0.184. The van der Waals surface area contributed by atoms with Gasteiger partial charge in [-0.3, -0.25) is 0 Å². The van der Waals surface area contributed by atoms with Crippen LogP contribution in [0.3, 0.4) is 0 Å². The van der Waals surface area contributed by atoms with Gasteiger partial charge in [0.1, 0.15) is 12.7 Å². The summed E-state index contributed by atoms with van der Waals surface area (Å²) < 4.78 is 11.0. The van der Waals surface area contributed by atoms with E-state index in [0.29, 0.717) is 18.1 Å². The highest BCUT2D eigenvalue weighted by Gasteiger charge is 2.58. The second-order valence-electron chi connectivity index (χ2n) is 9.83. The summed E-state index contributed by atoms with van der Waals surface area (Å²) in [5.41, 5.74) is 2.41. The Balaban J connectivity index is 1.82. The van der Waals surface area contributed by atoms with E-state index < -0.39 is 5.41 Å². The molecule has 0 bridgehead atoms. The molecule has 1 heterocycles. The van der Waals surface area contributed by atoms with Crippen molar-refractivity contribution in [1.82, 2.24) is 0 Å². The molecule has 0 aromatic rings. The van der Waals surface area contributed by atoms with Gasteiger partial charge in [-0.15, -0.1) is 0 Å². The van der Waals surface area contributed by atoms with Gasteiger partial charge in [-0.25, -0.2) is 9.59 Å². The summed E-state index contributed by atoms with van der Waals surface area (Å²) in [5.74, 6) is 0.00889. The number of carbonyl (C=O) groups is 2. The van der Waals surface area contributed by atoms with Gasteiger partial charge >= 0.3 is 11.9 Å². The second kappa shape index (κ2) is 8.70. The number of fused-ring (bicyclic) bond motifs is 1. The van der Waals surface area contributed by atoms with Crippen molar-refractivity contribution in [2.45, 2.75) is 72.3 Å². The summed E-state index contributed by atoms with van der Waals surface area (Å²) in [6, 6.07) is 0. The average Bonchev–Trinajstić information content (AvgIpc) is 3.14. The van der Waals surface area contributed by atoms with E-state index in [1.165, 1.54) is 5.57 Å². The number of allylic oxidation sites excluding steroid dienone is 2. The molecule has 0 saturated heterocycles. The number of aliphatic hydroxyl groups excluding tert-OH is 1. The van der Waals surface area contributed by atoms with E-state index in [1.807, 2.05) is 6.92 Å². The van der Waals surface area contributed by atoms with E-state index in [9.17, 15) is 14.7 Å². The number of rotatable bonds is 6. The number of hydrogen-bond acceptors (Lipinski definition) is 5. The number of aliphatic hydroxyl groups is 1. The van der Waals surface area contributed by atoms with Crippen LogP contribution in [-0.4, -0.2) is 36.4 Å². The number of cyclic esters (lactones) is 1. The predicted molar refractivity (Wildman–Crippen MR) is 115 cm³/mol. The average molecular weight is 417 g/mol. The van der Waals surface area contributed by atoms with Crippen LogP contribution in [0, 0.1) is 22.7 Å². The maximum absolute atomic E-state index is 12.4. The molecular weight excluding hydrogens is 380 g/mol. The summed E-state index contributed by atoms with van der Waals surface area (Å²) >= 11 is 0. The molecule has 1 N–H and O–H groups in total. The van der Waals surface area contributed by atoms with E-state index in [-0.39, 0.29) is 36.0 Å². The van der Waals surface area contributed by atoms with Gasteiger partial charge in [-0.2, -0.15) is 0 Å². The summed E-state index contributed by atoms with van der Waals surface area (Å²) in [7, 11) is 0. The fourth-order valence-corrected chi connectivity index (χ4v) is 6.14.